The zero-order valence-corrected chi connectivity index (χ0v) is 10.2. The average molecular weight is 253 g/mol. The first-order chi connectivity index (χ1) is 7.83. The van der Waals surface area contributed by atoms with E-state index in [0.29, 0.717) is 17.5 Å². The summed E-state index contributed by atoms with van der Waals surface area (Å²) in [7, 11) is 0. The molecule has 0 bridgehead atoms. The molecule has 0 unspecified atom stereocenters. The third kappa shape index (κ3) is 5.60. The molecule has 16 heavy (non-hydrogen) atoms. The zero-order chi connectivity index (χ0) is 11.6. The van der Waals surface area contributed by atoms with Crippen molar-refractivity contribution in [3.8, 4) is 0 Å². The Labute approximate surface area is 104 Å². The van der Waals surface area contributed by atoms with Crippen LogP contribution in [0.25, 0.3) is 10.4 Å². The highest BCUT2D eigenvalue weighted by Gasteiger charge is 1.99. The molecule has 0 saturated heterocycles. The zero-order valence-electron chi connectivity index (χ0n) is 8.57. The van der Waals surface area contributed by atoms with Crippen LogP contribution in [0.15, 0.2) is 35.4 Å². The van der Waals surface area contributed by atoms with E-state index in [1.165, 1.54) is 17.3 Å². The summed E-state index contributed by atoms with van der Waals surface area (Å²) in [5.41, 5.74) is 9.25. The third-order valence-electron chi connectivity index (χ3n) is 1.67. The molecular formula is C10H11N3OS2. The second-order valence-corrected chi connectivity index (χ2v) is 4.40. The predicted molar refractivity (Wildman–Crippen MR) is 70.3 cm³/mol. The minimum absolute atomic E-state index is 0.308. The molecule has 1 aromatic rings. The number of nitrogens with zero attached hydrogens (tertiary/aromatic N) is 3. The van der Waals surface area contributed by atoms with Crippen LogP contribution < -0.4 is 0 Å². The van der Waals surface area contributed by atoms with Crippen molar-refractivity contribution in [2.75, 3.05) is 13.2 Å². The average Bonchev–Trinajstić information content (AvgIpc) is 2.33. The molecule has 0 aromatic heterocycles. The lowest BCUT2D eigenvalue weighted by molar-refractivity contribution is 0.333. The first-order valence-corrected chi connectivity index (χ1v) is 6.06. The summed E-state index contributed by atoms with van der Waals surface area (Å²) in [4.78, 5) is 2.62. The Morgan fingerprint density at radius 2 is 2.19 bits per heavy atom. The quantitative estimate of drug-likeness (QED) is 0.265. The van der Waals surface area contributed by atoms with Gasteiger partial charge in [0.25, 0.3) is 0 Å². The standard InChI is InChI=1S/C10H11N3OS2/c11-13-12-6-7-14-10(15)16-8-9-4-2-1-3-5-9/h1-5H,6-8H2. The minimum Gasteiger partial charge on any atom is -0.478 e. The van der Waals surface area contributed by atoms with E-state index in [1.807, 2.05) is 30.3 Å². The monoisotopic (exact) mass is 253 g/mol. The van der Waals surface area contributed by atoms with Gasteiger partial charge in [-0.05, 0) is 23.3 Å². The lowest BCUT2D eigenvalue weighted by atomic mass is 10.2. The normalized spacial score (nSPS) is 9.25. The SMILES string of the molecule is [N-]=[N+]=NCCOC(=S)SCc1ccccc1. The summed E-state index contributed by atoms with van der Waals surface area (Å²) >= 11 is 6.47. The molecule has 0 aliphatic carbocycles. The van der Waals surface area contributed by atoms with Crippen LogP contribution in [0.1, 0.15) is 5.56 Å². The van der Waals surface area contributed by atoms with E-state index in [1.54, 1.807) is 0 Å². The largest absolute Gasteiger partial charge is 0.478 e. The molecular weight excluding hydrogens is 242 g/mol. The molecule has 0 amide bonds. The second kappa shape index (κ2) is 7.98. The highest BCUT2D eigenvalue weighted by atomic mass is 32.2. The van der Waals surface area contributed by atoms with Crippen LogP contribution in [0, 0.1) is 0 Å². The summed E-state index contributed by atoms with van der Waals surface area (Å²) in [6, 6.07) is 10.0. The molecule has 0 atom stereocenters. The Bertz CT molecular complexity index is 377. The van der Waals surface area contributed by atoms with Crippen LogP contribution in [0.5, 0.6) is 0 Å². The van der Waals surface area contributed by atoms with Crippen LogP contribution in [0.3, 0.4) is 0 Å². The van der Waals surface area contributed by atoms with Gasteiger partial charge in [0.1, 0.15) is 0 Å². The van der Waals surface area contributed by atoms with Crippen LogP contribution in [-0.4, -0.2) is 17.5 Å². The fourth-order valence-electron chi connectivity index (χ4n) is 0.973. The van der Waals surface area contributed by atoms with Crippen molar-refractivity contribution >= 4 is 28.4 Å². The number of ether oxygens (including phenoxy) is 1. The number of rotatable bonds is 5. The van der Waals surface area contributed by atoms with E-state index in [2.05, 4.69) is 10.0 Å². The minimum atomic E-state index is 0.308. The summed E-state index contributed by atoms with van der Waals surface area (Å²) < 4.78 is 5.68. The van der Waals surface area contributed by atoms with Gasteiger partial charge in [-0.1, -0.05) is 47.2 Å². The molecule has 0 N–H and O–H groups in total. The van der Waals surface area contributed by atoms with E-state index in [9.17, 15) is 0 Å². The predicted octanol–water partition coefficient (Wildman–Crippen LogP) is 3.53. The van der Waals surface area contributed by atoms with Crippen molar-refractivity contribution in [1.29, 1.82) is 0 Å². The number of azide groups is 1. The summed E-state index contributed by atoms with van der Waals surface area (Å²) in [5.74, 6) is 0.793. The Morgan fingerprint density at radius 3 is 2.88 bits per heavy atom. The second-order valence-electron chi connectivity index (χ2n) is 2.83. The maximum Gasteiger partial charge on any atom is 0.220 e. The van der Waals surface area contributed by atoms with E-state index >= 15 is 0 Å². The Morgan fingerprint density at radius 1 is 1.44 bits per heavy atom. The van der Waals surface area contributed by atoms with Gasteiger partial charge in [0.15, 0.2) is 0 Å². The summed E-state index contributed by atoms with van der Waals surface area (Å²) in [5, 5.41) is 3.35. The van der Waals surface area contributed by atoms with Crippen molar-refractivity contribution in [2.24, 2.45) is 5.11 Å². The van der Waals surface area contributed by atoms with E-state index in [0.717, 1.165) is 5.75 Å². The molecule has 0 aliphatic rings. The maximum absolute atomic E-state index is 8.05. The molecule has 1 aromatic carbocycles. The van der Waals surface area contributed by atoms with Gasteiger partial charge in [0.05, 0.1) is 13.2 Å². The molecule has 0 spiro atoms. The van der Waals surface area contributed by atoms with Gasteiger partial charge in [-0.2, -0.15) is 0 Å². The van der Waals surface area contributed by atoms with Crippen LogP contribution >= 0.6 is 24.0 Å². The molecule has 0 heterocycles. The Balaban J connectivity index is 2.18. The fraction of sp³-hybridized carbons (Fsp3) is 0.300. The van der Waals surface area contributed by atoms with Crippen molar-refractivity contribution < 1.29 is 4.74 Å². The number of thiocarbonyl (C=S) groups is 1. The van der Waals surface area contributed by atoms with E-state index in [4.69, 9.17) is 22.5 Å². The van der Waals surface area contributed by atoms with Gasteiger partial charge in [0.2, 0.25) is 4.38 Å². The molecule has 4 nitrogen and oxygen atoms in total. The summed E-state index contributed by atoms with van der Waals surface area (Å²) in [6.45, 7) is 0.646. The lowest BCUT2D eigenvalue weighted by Gasteiger charge is -2.04. The van der Waals surface area contributed by atoms with Crippen LogP contribution in [0.2, 0.25) is 0 Å². The first-order valence-electron chi connectivity index (χ1n) is 4.67. The number of hydrogen-bond donors (Lipinski definition) is 0. The highest BCUT2D eigenvalue weighted by molar-refractivity contribution is 8.22. The topological polar surface area (TPSA) is 58.0 Å². The molecule has 6 heteroatoms. The van der Waals surface area contributed by atoms with Crippen molar-refractivity contribution in [3.63, 3.8) is 0 Å². The van der Waals surface area contributed by atoms with Gasteiger partial charge in [-0.3, -0.25) is 0 Å². The smallest absolute Gasteiger partial charge is 0.220 e. The van der Waals surface area contributed by atoms with Gasteiger partial charge < -0.3 is 4.74 Å². The maximum atomic E-state index is 8.05. The first kappa shape index (κ1) is 12.8. The van der Waals surface area contributed by atoms with Crippen molar-refractivity contribution in [2.45, 2.75) is 5.75 Å². The van der Waals surface area contributed by atoms with Crippen LogP contribution in [-0.2, 0) is 10.5 Å². The Hall–Kier alpha value is -1.23. The summed E-state index contributed by atoms with van der Waals surface area (Å²) in [6.07, 6.45) is 0. The van der Waals surface area contributed by atoms with Gasteiger partial charge in [-0.15, -0.1) is 0 Å². The number of thioether (sulfide) groups is 1. The van der Waals surface area contributed by atoms with Gasteiger partial charge >= 0.3 is 0 Å². The molecule has 0 fully saturated rings. The molecule has 0 radical (unpaired) electrons. The van der Waals surface area contributed by atoms with Crippen molar-refractivity contribution in [3.05, 3.63) is 46.3 Å². The number of hydrogen-bond acceptors (Lipinski definition) is 4. The molecule has 1 rings (SSSR count). The number of benzene rings is 1. The molecule has 0 aliphatic heterocycles. The molecule has 84 valence electrons. The highest BCUT2D eigenvalue weighted by Crippen LogP contribution is 2.14. The van der Waals surface area contributed by atoms with Gasteiger partial charge in [0, 0.05) is 10.7 Å². The third-order valence-corrected chi connectivity index (χ3v) is 2.98. The van der Waals surface area contributed by atoms with E-state index < -0.39 is 0 Å². The lowest BCUT2D eigenvalue weighted by Crippen LogP contribution is -2.01. The van der Waals surface area contributed by atoms with E-state index in [-0.39, 0.29) is 0 Å². The van der Waals surface area contributed by atoms with Gasteiger partial charge in [-0.25, -0.2) is 0 Å². The fourth-order valence-corrected chi connectivity index (χ4v) is 1.88. The van der Waals surface area contributed by atoms with Crippen LogP contribution in [0.4, 0.5) is 0 Å². The Kier molecular flexibility index (Phi) is 6.41. The van der Waals surface area contributed by atoms with Crippen molar-refractivity contribution in [1.82, 2.24) is 0 Å². The molecule has 0 saturated carbocycles.